The number of hydrogen-bond donors (Lipinski definition) is 1. The number of amides is 1. The first kappa shape index (κ1) is 12.1. The Kier molecular flexibility index (Phi) is 3.29. The maximum Gasteiger partial charge on any atom is 0.358 e. The maximum absolute atomic E-state index is 11.8. The van der Waals surface area contributed by atoms with Crippen LogP contribution in [0.4, 0.5) is 5.69 Å². The molecule has 1 aromatic carbocycles. The van der Waals surface area contributed by atoms with E-state index in [9.17, 15) is 14.8 Å². The predicted octanol–water partition coefficient (Wildman–Crippen LogP) is 0.739. The van der Waals surface area contributed by atoms with E-state index in [0.717, 1.165) is 0 Å². The van der Waals surface area contributed by atoms with Gasteiger partial charge in [-0.2, -0.15) is 0 Å². The normalized spacial score (nSPS) is 15.4. The number of para-hydroxylation sites is 1. The van der Waals surface area contributed by atoms with E-state index in [4.69, 9.17) is 0 Å². The molecule has 1 aliphatic heterocycles. The van der Waals surface area contributed by atoms with Gasteiger partial charge in [-0.3, -0.25) is 14.9 Å². The molecule has 94 valence electrons. The molecule has 6 nitrogen and oxygen atoms in total. The quantitative estimate of drug-likeness (QED) is 0.782. The van der Waals surface area contributed by atoms with Crippen molar-refractivity contribution in [2.24, 2.45) is 0 Å². The van der Waals surface area contributed by atoms with Gasteiger partial charge in [-0.15, -0.1) is 0 Å². The summed E-state index contributed by atoms with van der Waals surface area (Å²) in [6.07, 6.45) is 1.26. The molecular formula is C12H12N2O4. The zero-order valence-electron chi connectivity index (χ0n) is 9.74. The largest absolute Gasteiger partial charge is 0.464 e. The Morgan fingerprint density at radius 3 is 2.61 bits per heavy atom. The van der Waals surface area contributed by atoms with Crippen LogP contribution in [0.1, 0.15) is 0 Å². The van der Waals surface area contributed by atoms with Gasteiger partial charge in [0.25, 0.3) is 5.91 Å². The molecular weight excluding hydrogens is 236 g/mol. The molecule has 1 amide bonds. The van der Waals surface area contributed by atoms with Gasteiger partial charge < -0.3 is 4.74 Å². The minimum Gasteiger partial charge on any atom is -0.464 e. The zero-order chi connectivity index (χ0) is 13.1. The van der Waals surface area contributed by atoms with Crippen LogP contribution in [0.15, 0.2) is 42.2 Å². The molecule has 0 saturated carbocycles. The first-order chi connectivity index (χ1) is 8.63. The maximum atomic E-state index is 11.8. The Hall–Kier alpha value is -2.34. The van der Waals surface area contributed by atoms with Crippen molar-refractivity contribution < 1.29 is 19.5 Å². The molecule has 6 heteroatoms. The minimum atomic E-state index is -0.703. The average molecular weight is 248 g/mol. The van der Waals surface area contributed by atoms with E-state index in [2.05, 4.69) is 4.74 Å². The number of hydrogen-bond acceptors (Lipinski definition) is 5. The lowest BCUT2D eigenvalue weighted by Gasteiger charge is -2.29. The van der Waals surface area contributed by atoms with E-state index >= 15 is 0 Å². The number of nitrogens with zero attached hydrogens (tertiary/aromatic N) is 2. The summed E-state index contributed by atoms with van der Waals surface area (Å²) >= 11 is 0. The Labute approximate surface area is 104 Å². The molecule has 1 heterocycles. The second-order valence-corrected chi connectivity index (χ2v) is 3.66. The molecule has 0 aliphatic carbocycles. The molecule has 0 bridgehead atoms. The van der Waals surface area contributed by atoms with Gasteiger partial charge in [-0.05, 0) is 12.1 Å². The van der Waals surface area contributed by atoms with Crippen LogP contribution in [0.25, 0.3) is 0 Å². The van der Waals surface area contributed by atoms with Crippen molar-refractivity contribution in [3.63, 3.8) is 0 Å². The van der Waals surface area contributed by atoms with Crippen molar-refractivity contribution in [2.75, 3.05) is 18.6 Å². The van der Waals surface area contributed by atoms with Gasteiger partial charge >= 0.3 is 5.97 Å². The van der Waals surface area contributed by atoms with E-state index in [1.807, 2.05) is 6.07 Å². The van der Waals surface area contributed by atoms with Crippen LogP contribution >= 0.6 is 0 Å². The summed E-state index contributed by atoms with van der Waals surface area (Å²) in [7, 11) is 1.21. The molecule has 2 rings (SSSR count). The third-order valence-electron chi connectivity index (χ3n) is 2.51. The van der Waals surface area contributed by atoms with Gasteiger partial charge in [0.05, 0.1) is 7.11 Å². The number of ether oxygens (including phenoxy) is 1. The van der Waals surface area contributed by atoms with E-state index in [0.29, 0.717) is 10.8 Å². The van der Waals surface area contributed by atoms with Crippen LogP contribution in [0.3, 0.4) is 0 Å². The number of hydroxylamine groups is 2. The molecule has 0 fully saturated rings. The van der Waals surface area contributed by atoms with Gasteiger partial charge in [0.1, 0.15) is 6.54 Å². The summed E-state index contributed by atoms with van der Waals surface area (Å²) in [5, 5.41) is 10.1. The summed E-state index contributed by atoms with van der Waals surface area (Å²) < 4.78 is 4.53. The smallest absolute Gasteiger partial charge is 0.358 e. The van der Waals surface area contributed by atoms with Crippen LogP contribution < -0.4 is 4.90 Å². The number of anilines is 1. The second kappa shape index (κ2) is 4.89. The second-order valence-electron chi connectivity index (χ2n) is 3.66. The Bertz CT molecular complexity index is 498. The molecule has 0 atom stereocenters. The molecule has 0 radical (unpaired) electrons. The van der Waals surface area contributed by atoms with Crippen molar-refractivity contribution in [1.29, 1.82) is 0 Å². The third-order valence-corrected chi connectivity index (χ3v) is 2.51. The number of methoxy groups -OCH3 is 1. The predicted molar refractivity (Wildman–Crippen MR) is 62.5 cm³/mol. The number of carbonyl (C=O) groups is 2. The SMILES string of the molecule is COC(=O)C1=CN(c2ccccc2)C(=O)CN1O. The van der Waals surface area contributed by atoms with Gasteiger partial charge in [0, 0.05) is 11.9 Å². The van der Waals surface area contributed by atoms with Gasteiger partial charge in [0.15, 0.2) is 5.70 Å². The monoisotopic (exact) mass is 248 g/mol. The lowest BCUT2D eigenvalue weighted by molar-refractivity contribution is -0.149. The standard InChI is InChI=1S/C12H12N2O4/c1-18-12(16)10-7-13(11(15)8-14(10)17)9-5-3-2-4-6-9/h2-7,17H,8H2,1H3. The Morgan fingerprint density at radius 1 is 1.33 bits per heavy atom. The molecule has 1 aliphatic rings. The van der Waals surface area contributed by atoms with E-state index in [-0.39, 0.29) is 18.1 Å². The summed E-state index contributed by atoms with van der Waals surface area (Å²) in [6.45, 7) is -0.296. The van der Waals surface area contributed by atoms with Gasteiger partial charge in [-0.25, -0.2) is 9.86 Å². The summed E-state index contributed by atoms with van der Waals surface area (Å²) in [4.78, 5) is 24.5. The van der Waals surface area contributed by atoms with Crippen molar-refractivity contribution in [1.82, 2.24) is 5.06 Å². The third kappa shape index (κ3) is 2.18. The highest BCUT2D eigenvalue weighted by molar-refractivity contribution is 6.01. The Balaban J connectivity index is 2.38. The highest BCUT2D eigenvalue weighted by atomic mass is 16.5. The highest BCUT2D eigenvalue weighted by Gasteiger charge is 2.29. The van der Waals surface area contributed by atoms with Crippen LogP contribution in [-0.2, 0) is 14.3 Å². The molecule has 0 unspecified atom stereocenters. The molecule has 0 aromatic heterocycles. The average Bonchev–Trinajstić information content (AvgIpc) is 2.39. The number of benzene rings is 1. The van der Waals surface area contributed by atoms with E-state index < -0.39 is 5.97 Å². The fraction of sp³-hybridized carbons (Fsp3) is 0.167. The lowest BCUT2D eigenvalue weighted by Crippen LogP contribution is -2.43. The fourth-order valence-corrected chi connectivity index (χ4v) is 1.62. The van der Waals surface area contributed by atoms with E-state index in [1.54, 1.807) is 24.3 Å². The molecule has 0 spiro atoms. The van der Waals surface area contributed by atoms with Gasteiger partial charge in [0.2, 0.25) is 0 Å². The van der Waals surface area contributed by atoms with Crippen molar-refractivity contribution in [2.45, 2.75) is 0 Å². The molecule has 1 aromatic rings. The van der Waals surface area contributed by atoms with E-state index in [1.165, 1.54) is 18.2 Å². The summed E-state index contributed by atoms with van der Waals surface area (Å²) in [5.41, 5.74) is 0.540. The summed E-state index contributed by atoms with van der Waals surface area (Å²) in [5.74, 6) is -1.04. The number of esters is 1. The summed E-state index contributed by atoms with van der Waals surface area (Å²) in [6, 6.07) is 8.84. The minimum absolute atomic E-state index is 0.0825. The topological polar surface area (TPSA) is 70.1 Å². The molecule has 18 heavy (non-hydrogen) atoms. The van der Waals surface area contributed by atoms with Crippen molar-refractivity contribution in [3.8, 4) is 0 Å². The number of carbonyl (C=O) groups excluding carboxylic acids is 2. The van der Waals surface area contributed by atoms with Crippen molar-refractivity contribution in [3.05, 3.63) is 42.2 Å². The van der Waals surface area contributed by atoms with Gasteiger partial charge in [-0.1, -0.05) is 18.2 Å². The fourth-order valence-electron chi connectivity index (χ4n) is 1.62. The van der Waals surface area contributed by atoms with Crippen LogP contribution in [0.5, 0.6) is 0 Å². The molecule has 1 N–H and O–H groups in total. The van der Waals surface area contributed by atoms with Crippen LogP contribution in [0, 0.1) is 0 Å². The van der Waals surface area contributed by atoms with Crippen LogP contribution in [-0.4, -0.2) is 35.8 Å². The zero-order valence-corrected chi connectivity index (χ0v) is 9.74. The van der Waals surface area contributed by atoms with Crippen molar-refractivity contribution >= 4 is 17.6 Å². The highest BCUT2D eigenvalue weighted by Crippen LogP contribution is 2.20. The van der Waals surface area contributed by atoms with Crippen LogP contribution in [0.2, 0.25) is 0 Å². The Morgan fingerprint density at radius 2 is 2.00 bits per heavy atom. The first-order valence-corrected chi connectivity index (χ1v) is 5.27. The lowest BCUT2D eigenvalue weighted by atomic mass is 10.2. The molecule has 0 saturated heterocycles. The first-order valence-electron chi connectivity index (χ1n) is 5.27. The number of rotatable bonds is 2.